The first-order valence-corrected chi connectivity index (χ1v) is 7.86. The molecule has 1 aromatic heterocycles. The first-order valence-electron chi connectivity index (χ1n) is 7.86. The van der Waals surface area contributed by atoms with Crippen molar-refractivity contribution in [2.75, 3.05) is 6.54 Å². The minimum atomic E-state index is 0.541. The number of nitrogens with zero attached hydrogens (tertiary/aromatic N) is 1. The Kier molecular flexibility index (Phi) is 6.00. The Morgan fingerprint density at radius 2 is 2.05 bits per heavy atom. The molecule has 114 valence electrons. The second-order valence-electron chi connectivity index (χ2n) is 5.92. The molecule has 2 rings (SSSR count). The molecule has 0 aliphatic heterocycles. The van der Waals surface area contributed by atoms with Gasteiger partial charge in [-0.1, -0.05) is 43.7 Å². The van der Waals surface area contributed by atoms with E-state index in [1.807, 2.05) is 6.20 Å². The molecule has 0 amide bonds. The van der Waals surface area contributed by atoms with Crippen molar-refractivity contribution in [1.29, 1.82) is 0 Å². The smallest absolute Gasteiger partial charge is 0.194 e. The van der Waals surface area contributed by atoms with Crippen LogP contribution in [-0.2, 0) is 19.3 Å². The molecule has 0 aliphatic rings. The Balaban J connectivity index is 1.75. The monoisotopic (exact) mass is 286 g/mol. The summed E-state index contributed by atoms with van der Waals surface area (Å²) in [5.41, 5.74) is 2.66. The van der Waals surface area contributed by atoms with Crippen molar-refractivity contribution in [3.63, 3.8) is 0 Å². The molecule has 3 heteroatoms. The number of aryl methyl sites for hydroxylation is 4. The van der Waals surface area contributed by atoms with Crippen LogP contribution in [0.2, 0.25) is 0 Å². The van der Waals surface area contributed by atoms with Gasteiger partial charge in [-0.2, -0.15) is 0 Å². The van der Waals surface area contributed by atoms with Crippen LogP contribution in [0.4, 0.5) is 0 Å². The molecule has 0 saturated heterocycles. The van der Waals surface area contributed by atoms with Crippen molar-refractivity contribution in [1.82, 2.24) is 10.3 Å². The second kappa shape index (κ2) is 7.99. The second-order valence-corrected chi connectivity index (χ2v) is 5.92. The fraction of sp³-hybridized carbons (Fsp3) is 0.500. The minimum Gasteiger partial charge on any atom is -0.446 e. The highest BCUT2D eigenvalue weighted by atomic mass is 16.4. The Bertz CT molecular complexity index is 546. The average Bonchev–Trinajstić information content (AvgIpc) is 2.89. The first kappa shape index (κ1) is 15.8. The molecule has 0 spiro atoms. The lowest BCUT2D eigenvalue weighted by Gasteiger charge is -2.05. The van der Waals surface area contributed by atoms with Crippen molar-refractivity contribution in [2.24, 2.45) is 0 Å². The zero-order valence-electron chi connectivity index (χ0n) is 13.4. The lowest BCUT2D eigenvalue weighted by Crippen LogP contribution is -2.23. The van der Waals surface area contributed by atoms with E-state index >= 15 is 0 Å². The van der Waals surface area contributed by atoms with Gasteiger partial charge in [0.25, 0.3) is 0 Å². The van der Waals surface area contributed by atoms with Gasteiger partial charge in [-0.3, -0.25) is 0 Å². The van der Waals surface area contributed by atoms with Gasteiger partial charge in [-0.25, -0.2) is 4.98 Å². The number of rotatable bonds is 8. The molecule has 0 radical (unpaired) electrons. The van der Waals surface area contributed by atoms with Crippen LogP contribution in [-0.4, -0.2) is 17.6 Å². The van der Waals surface area contributed by atoms with Gasteiger partial charge in [0.05, 0.1) is 6.20 Å². The molecule has 0 atom stereocenters. The number of hydrogen-bond acceptors (Lipinski definition) is 3. The van der Waals surface area contributed by atoms with Crippen LogP contribution < -0.4 is 5.32 Å². The molecule has 0 bridgehead atoms. The van der Waals surface area contributed by atoms with Crippen molar-refractivity contribution >= 4 is 0 Å². The van der Waals surface area contributed by atoms with Gasteiger partial charge in [0.15, 0.2) is 5.89 Å². The molecule has 1 heterocycles. The summed E-state index contributed by atoms with van der Waals surface area (Å²) in [4.78, 5) is 4.37. The predicted molar refractivity (Wildman–Crippen MR) is 86.5 cm³/mol. The summed E-state index contributed by atoms with van der Waals surface area (Å²) in [5.74, 6) is 1.85. The molecular weight excluding hydrogens is 260 g/mol. The Morgan fingerprint density at radius 3 is 2.81 bits per heavy atom. The van der Waals surface area contributed by atoms with E-state index in [-0.39, 0.29) is 0 Å². The summed E-state index contributed by atoms with van der Waals surface area (Å²) < 4.78 is 5.80. The molecular formula is C18H26N2O. The molecule has 2 aromatic rings. The molecule has 3 nitrogen and oxygen atoms in total. The van der Waals surface area contributed by atoms with E-state index in [4.69, 9.17) is 4.42 Å². The van der Waals surface area contributed by atoms with Gasteiger partial charge in [0.2, 0.25) is 0 Å². The molecule has 0 unspecified atom stereocenters. The van der Waals surface area contributed by atoms with E-state index in [0.717, 1.165) is 43.9 Å². The molecule has 0 saturated carbocycles. The Hall–Kier alpha value is -1.61. The van der Waals surface area contributed by atoms with Gasteiger partial charge in [0.1, 0.15) is 5.76 Å². The summed E-state index contributed by atoms with van der Waals surface area (Å²) in [6.07, 6.45) is 5.77. The highest BCUT2D eigenvalue weighted by Gasteiger charge is 2.05. The third-order valence-electron chi connectivity index (χ3n) is 3.46. The number of hydrogen-bond donors (Lipinski definition) is 1. The lowest BCUT2D eigenvalue weighted by atomic mass is 10.1. The fourth-order valence-corrected chi connectivity index (χ4v) is 2.34. The standard InChI is InChI=1S/C18H26N2O/c1-14(2)19-11-5-8-18-20-13-17(21-18)10-9-16-7-4-6-15(3)12-16/h4,6-7,12-14,19H,5,8-11H2,1-3H3. The lowest BCUT2D eigenvalue weighted by molar-refractivity contribution is 0.443. The SMILES string of the molecule is Cc1cccc(CCc2cnc(CCCNC(C)C)o2)c1. The number of benzene rings is 1. The van der Waals surface area contributed by atoms with E-state index in [2.05, 4.69) is 55.3 Å². The van der Waals surface area contributed by atoms with E-state index in [1.165, 1.54) is 11.1 Å². The summed E-state index contributed by atoms with van der Waals surface area (Å²) in [7, 11) is 0. The van der Waals surface area contributed by atoms with Crippen molar-refractivity contribution in [3.05, 3.63) is 53.2 Å². The van der Waals surface area contributed by atoms with Crippen LogP contribution in [0.1, 0.15) is 43.0 Å². The van der Waals surface area contributed by atoms with Crippen molar-refractivity contribution in [2.45, 2.75) is 52.5 Å². The first-order chi connectivity index (χ1) is 10.1. The summed E-state index contributed by atoms with van der Waals surface area (Å²) in [5, 5.41) is 3.41. The quantitative estimate of drug-likeness (QED) is 0.752. The van der Waals surface area contributed by atoms with Crippen molar-refractivity contribution in [3.8, 4) is 0 Å². The Morgan fingerprint density at radius 1 is 1.19 bits per heavy atom. The number of oxazole rings is 1. The third-order valence-corrected chi connectivity index (χ3v) is 3.46. The summed E-state index contributed by atoms with van der Waals surface area (Å²) >= 11 is 0. The van der Waals surface area contributed by atoms with Gasteiger partial charge >= 0.3 is 0 Å². The minimum absolute atomic E-state index is 0.541. The summed E-state index contributed by atoms with van der Waals surface area (Å²) in [6.45, 7) is 7.46. The summed E-state index contributed by atoms with van der Waals surface area (Å²) in [6, 6.07) is 9.18. The van der Waals surface area contributed by atoms with E-state index in [0.29, 0.717) is 6.04 Å². The van der Waals surface area contributed by atoms with E-state index < -0.39 is 0 Å². The van der Waals surface area contributed by atoms with Crippen LogP contribution in [0.15, 0.2) is 34.9 Å². The molecule has 1 aromatic carbocycles. The largest absolute Gasteiger partial charge is 0.446 e. The average molecular weight is 286 g/mol. The van der Waals surface area contributed by atoms with Crippen molar-refractivity contribution < 1.29 is 4.42 Å². The van der Waals surface area contributed by atoms with Gasteiger partial charge in [-0.05, 0) is 31.9 Å². The highest BCUT2D eigenvalue weighted by Crippen LogP contribution is 2.11. The normalized spacial score (nSPS) is 11.2. The zero-order valence-corrected chi connectivity index (χ0v) is 13.4. The van der Waals surface area contributed by atoms with E-state index in [1.54, 1.807) is 0 Å². The van der Waals surface area contributed by atoms with Crippen LogP contribution in [0, 0.1) is 6.92 Å². The van der Waals surface area contributed by atoms with Crippen LogP contribution in [0.5, 0.6) is 0 Å². The maximum atomic E-state index is 5.80. The van der Waals surface area contributed by atoms with E-state index in [9.17, 15) is 0 Å². The van der Waals surface area contributed by atoms with Gasteiger partial charge < -0.3 is 9.73 Å². The number of aromatic nitrogens is 1. The topological polar surface area (TPSA) is 38.1 Å². The maximum absolute atomic E-state index is 5.80. The molecule has 21 heavy (non-hydrogen) atoms. The third kappa shape index (κ3) is 5.72. The molecule has 0 fully saturated rings. The van der Waals surface area contributed by atoms with Crippen LogP contribution in [0.25, 0.3) is 0 Å². The van der Waals surface area contributed by atoms with Gasteiger partial charge in [-0.15, -0.1) is 0 Å². The maximum Gasteiger partial charge on any atom is 0.194 e. The number of nitrogens with one attached hydrogen (secondary N) is 1. The fourth-order valence-electron chi connectivity index (χ4n) is 2.34. The highest BCUT2D eigenvalue weighted by molar-refractivity contribution is 5.22. The van der Waals surface area contributed by atoms with Gasteiger partial charge in [0, 0.05) is 18.9 Å². The predicted octanol–water partition coefficient (Wildman–Crippen LogP) is 3.70. The molecule has 0 aliphatic carbocycles. The zero-order chi connectivity index (χ0) is 15.1. The van der Waals surface area contributed by atoms with Crippen LogP contribution >= 0.6 is 0 Å². The Labute approximate surface area is 127 Å². The van der Waals surface area contributed by atoms with Crippen LogP contribution in [0.3, 0.4) is 0 Å². The molecule has 1 N–H and O–H groups in total.